The Morgan fingerprint density at radius 1 is 1.69 bits per heavy atom. The average molecular weight is 182 g/mol. The molecule has 1 aromatic rings. The van der Waals surface area contributed by atoms with Gasteiger partial charge in [-0.15, -0.1) is 0 Å². The standard InChI is InChI=1S/C9H14N2O2/c1-7(12)4-6-13-8-3-2-5-11-9(8)10/h2-3,5,7,12H,4,6H2,1H3,(H2,10,11). The molecule has 0 aliphatic rings. The molecule has 0 amide bonds. The lowest BCUT2D eigenvalue weighted by Crippen LogP contribution is -2.08. The highest BCUT2D eigenvalue weighted by Gasteiger charge is 2.00. The molecule has 0 aromatic carbocycles. The summed E-state index contributed by atoms with van der Waals surface area (Å²) in [6, 6.07) is 3.51. The number of hydrogen-bond acceptors (Lipinski definition) is 4. The topological polar surface area (TPSA) is 68.4 Å². The predicted molar refractivity (Wildman–Crippen MR) is 50.4 cm³/mol. The first kappa shape index (κ1) is 9.80. The van der Waals surface area contributed by atoms with Crippen LogP contribution in [0.25, 0.3) is 0 Å². The summed E-state index contributed by atoms with van der Waals surface area (Å²) in [7, 11) is 0. The van der Waals surface area contributed by atoms with E-state index in [-0.39, 0.29) is 6.10 Å². The molecule has 1 atom stereocenters. The van der Waals surface area contributed by atoms with Crippen LogP contribution in [0.1, 0.15) is 13.3 Å². The summed E-state index contributed by atoms with van der Waals surface area (Å²) in [6.45, 7) is 2.17. The summed E-state index contributed by atoms with van der Waals surface area (Å²) < 4.78 is 5.30. The van der Waals surface area contributed by atoms with Crippen molar-refractivity contribution in [3.05, 3.63) is 18.3 Å². The van der Waals surface area contributed by atoms with Gasteiger partial charge in [-0.2, -0.15) is 0 Å². The summed E-state index contributed by atoms with van der Waals surface area (Å²) in [4.78, 5) is 3.87. The van der Waals surface area contributed by atoms with Crippen LogP contribution in [-0.2, 0) is 0 Å². The fourth-order valence-electron chi connectivity index (χ4n) is 0.864. The number of aliphatic hydroxyl groups excluding tert-OH is 1. The molecule has 0 saturated heterocycles. The number of nitrogens with zero attached hydrogens (tertiary/aromatic N) is 1. The maximum Gasteiger partial charge on any atom is 0.166 e. The Morgan fingerprint density at radius 3 is 3.08 bits per heavy atom. The molecule has 1 aromatic heterocycles. The third-order valence-electron chi connectivity index (χ3n) is 1.59. The van der Waals surface area contributed by atoms with Gasteiger partial charge in [0, 0.05) is 12.6 Å². The SMILES string of the molecule is CC(O)CCOc1cccnc1N. The second-order valence-electron chi connectivity index (χ2n) is 2.87. The number of anilines is 1. The average Bonchev–Trinajstić information content (AvgIpc) is 2.08. The molecule has 72 valence electrons. The van der Waals surface area contributed by atoms with Crippen molar-refractivity contribution in [3.63, 3.8) is 0 Å². The van der Waals surface area contributed by atoms with E-state index in [0.29, 0.717) is 24.6 Å². The first-order valence-electron chi connectivity index (χ1n) is 4.21. The molecule has 0 radical (unpaired) electrons. The zero-order chi connectivity index (χ0) is 9.68. The van der Waals surface area contributed by atoms with E-state index in [2.05, 4.69) is 4.98 Å². The third kappa shape index (κ3) is 3.29. The summed E-state index contributed by atoms with van der Waals surface area (Å²) in [5.74, 6) is 0.955. The molecule has 4 nitrogen and oxygen atoms in total. The molecule has 3 N–H and O–H groups in total. The Bertz CT molecular complexity index is 264. The second-order valence-corrected chi connectivity index (χ2v) is 2.87. The van der Waals surface area contributed by atoms with E-state index < -0.39 is 0 Å². The van der Waals surface area contributed by atoms with Crippen molar-refractivity contribution < 1.29 is 9.84 Å². The molecule has 0 bridgehead atoms. The third-order valence-corrected chi connectivity index (χ3v) is 1.59. The zero-order valence-corrected chi connectivity index (χ0v) is 7.60. The molecule has 1 rings (SSSR count). The predicted octanol–water partition coefficient (Wildman–Crippen LogP) is 0.814. The van der Waals surface area contributed by atoms with E-state index >= 15 is 0 Å². The molecular weight excluding hydrogens is 168 g/mol. The van der Waals surface area contributed by atoms with E-state index in [1.165, 1.54) is 0 Å². The number of ether oxygens (including phenoxy) is 1. The van der Waals surface area contributed by atoms with Crippen LogP contribution in [0.5, 0.6) is 5.75 Å². The van der Waals surface area contributed by atoms with E-state index in [1.807, 2.05) is 0 Å². The highest BCUT2D eigenvalue weighted by atomic mass is 16.5. The van der Waals surface area contributed by atoms with Crippen LogP contribution in [0, 0.1) is 0 Å². The first-order valence-corrected chi connectivity index (χ1v) is 4.21. The molecule has 13 heavy (non-hydrogen) atoms. The summed E-state index contributed by atoms with van der Waals surface area (Å²) in [6.07, 6.45) is 1.85. The Labute approximate surface area is 77.4 Å². The van der Waals surface area contributed by atoms with Gasteiger partial charge in [-0.1, -0.05) is 0 Å². The summed E-state index contributed by atoms with van der Waals surface area (Å²) >= 11 is 0. The number of aliphatic hydroxyl groups is 1. The van der Waals surface area contributed by atoms with Gasteiger partial charge in [-0.05, 0) is 19.1 Å². The minimum absolute atomic E-state index is 0.349. The quantitative estimate of drug-likeness (QED) is 0.723. The molecule has 1 unspecified atom stereocenters. The monoisotopic (exact) mass is 182 g/mol. The largest absolute Gasteiger partial charge is 0.490 e. The van der Waals surface area contributed by atoms with Gasteiger partial charge in [-0.25, -0.2) is 4.98 Å². The van der Waals surface area contributed by atoms with Crippen molar-refractivity contribution in [3.8, 4) is 5.75 Å². The van der Waals surface area contributed by atoms with E-state index in [4.69, 9.17) is 15.6 Å². The van der Waals surface area contributed by atoms with Crippen LogP contribution in [-0.4, -0.2) is 22.8 Å². The number of rotatable bonds is 4. The fraction of sp³-hybridized carbons (Fsp3) is 0.444. The first-order chi connectivity index (χ1) is 6.20. The minimum atomic E-state index is -0.349. The number of nitrogens with two attached hydrogens (primary N) is 1. The molecule has 0 aliphatic carbocycles. The number of aromatic nitrogens is 1. The summed E-state index contributed by atoms with van der Waals surface area (Å²) in [5.41, 5.74) is 5.54. The molecule has 0 spiro atoms. The van der Waals surface area contributed by atoms with Crippen molar-refractivity contribution in [2.75, 3.05) is 12.3 Å². The summed E-state index contributed by atoms with van der Waals surface area (Å²) in [5, 5.41) is 8.97. The fourth-order valence-corrected chi connectivity index (χ4v) is 0.864. The number of pyridine rings is 1. The van der Waals surface area contributed by atoms with E-state index in [1.54, 1.807) is 25.3 Å². The lowest BCUT2D eigenvalue weighted by Gasteiger charge is -2.08. The lowest BCUT2D eigenvalue weighted by molar-refractivity contribution is 0.156. The van der Waals surface area contributed by atoms with Gasteiger partial charge in [0.25, 0.3) is 0 Å². The lowest BCUT2D eigenvalue weighted by atomic mass is 10.3. The molecule has 0 fully saturated rings. The van der Waals surface area contributed by atoms with Gasteiger partial charge in [0.05, 0.1) is 12.7 Å². The van der Waals surface area contributed by atoms with Gasteiger partial charge in [0.15, 0.2) is 11.6 Å². The smallest absolute Gasteiger partial charge is 0.166 e. The normalized spacial score (nSPS) is 12.5. The number of hydrogen-bond donors (Lipinski definition) is 2. The zero-order valence-electron chi connectivity index (χ0n) is 7.60. The van der Waals surface area contributed by atoms with Crippen molar-refractivity contribution >= 4 is 5.82 Å². The Morgan fingerprint density at radius 2 is 2.46 bits per heavy atom. The van der Waals surface area contributed by atoms with E-state index in [0.717, 1.165) is 0 Å². The van der Waals surface area contributed by atoms with Crippen LogP contribution in [0.4, 0.5) is 5.82 Å². The molecule has 1 heterocycles. The van der Waals surface area contributed by atoms with Crippen molar-refractivity contribution in [1.29, 1.82) is 0 Å². The van der Waals surface area contributed by atoms with Crippen LogP contribution < -0.4 is 10.5 Å². The second kappa shape index (κ2) is 4.67. The molecule has 0 saturated carbocycles. The van der Waals surface area contributed by atoms with E-state index in [9.17, 15) is 0 Å². The molecule has 0 aliphatic heterocycles. The van der Waals surface area contributed by atoms with Gasteiger partial charge in [0.1, 0.15) is 0 Å². The van der Waals surface area contributed by atoms with Crippen molar-refractivity contribution in [2.24, 2.45) is 0 Å². The van der Waals surface area contributed by atoms with Gasteiger partial charge in [-0.3, -0.25) is 0 Å². The van der Waals surface area contributed by atoms with Crippen molar-refractivity contribution in [1.82, 2.24) is 4.98 Å². The Kier molecular flexibility index (Phi) is 3.52. The van der Waals surface area contributed by atoms with Crippen LogP contribution in [0.15, 0.2) is 18.3 Å². The van der Waals surface area contributed by atoms with Crippen LogP contribution >= 0.6 is 0 Å². The van der Waals surface area contributed by atoms with Crippen LogP contribution in [0.2, 0.25) is 0 Å². The maximum absolute atomic E-state index is 8.97. The van der Waals surface area contributed by atoms with Gasteiger partial charge < -0.3 is 15.6 Å². The van der Waals surface area contributed by atoms with Gasteiger partial charge in [0.2, 0.25) is 0 Å². The highest BCUT2D eigenvalue weighted by Crippen LogP contribution is 2.16. The minimum Gasteiger partial charge on any atom is -0.490 e. The number of nitrogen functional groups attached to an aromatic ring is 1. The Hall–Kier alpha value is -1.29. The van der Waals surface area contributed by atoms with Gasteiger partial charge >= 0.3 is 0 Å². The van der Waals surface area contributed by atoms with Crippen molar-refractivity contribution in [2.45, 2.75) is 19.4 Å². The molecular formula is C9H14N2O2. The Balaban J connectivity index is 2.41. The van der Waals surface area contributed by atoms with Crippen LogP contribution in [0.3, 0.4) is 0 Å². The highest BCUT2D eigenvalue weighted by molar-refractivity contribution is 5.44. The maximum atomic E-state index is 8.97. The molecule has 4 heteroatoms.